The Morgan fingerprint density at radius 3 is 2.33 bits per heavy atom. The number of halogens is 1. The molecule has 0 aromatic heterocycles. The van der Waals surface area contributed by atoms with Crippen molar-refractivity contribution < 1.29 is 18.7 Å². The normalized spacial score (nSPS) is 17.3. The van der Waals surface area contributed by atoms with Gasteiger partial charge >= 0.3 is 0 Å². The summed E-state index contributed by atoms with van der Waals surface area (Å²) in [5.74, 6) is -0.637. The molecular weight excluding hydrogens is 347 g/mol. The molecular formula is C21H31FN2O3. The maximum absolute atomic E-state index is 13.9. The van der Waals surface area contributed by atoms with Crippen LogP contribution in [0.15, 0.2) is 18.2 Å². The van der Waals surface area contributed by atoms with Crippen LogP contribution in [-0.4, -0.2) is 25.0 Å². The highest BCUT2D eigenvalue weighted by molar-refractivity contribution is 5.88. The summed E-state index contributed by atoms with van der Waals surface area (Å²) < 4.78 is 18.8. The number of carbonyl (C=O) groups is 2. The zero-order chi connectivity index (χ0) is 20.0. The third-order valence-electron chi connectivity index (χ3n) is 5.26. The van der Waals surface area contributed by atoms with Gasteiger partial charge < -0.3 is 15.4 Å². The van der Waals surface area contributed by atoms with Crippen LogP contribution in [-0.2, 0) is 9.59 Å². The Hall–Kier alpha value is -2.11. The molecule has 1 saturated carbocycles. The van der Waals surface area contributed by atoms with E-state index in [9.17, 15) is 14.0 Å². The molecule has 1 fully saturated rings. The van der Waals surface area contributed by atoms with E-state index in [4.69, 9.17) is 4.74 Å². The van der Waals surface area contributed by atoms with E-state index < -0.39 is 11.9 Å². The quantitative estimate of drug-likeness (QED) is 0.760. The fraction of sp³-hybridized carbons (Fsp3) is 0.619. The molecule has 0 saturated heterocycles. The van der Waals surface area contributed by atoms with E-state index in [1.165, 1.54) is 25.7 Å². The topological polar surface area (TPSA) is 67.4 Å². The largest absolute Gasteiger partial charge is 0.494 e. The molecule has 6 heteroatoms. The van der Waals surface area contributed by atoms with Gasteiger partial charge in [0.1, 0.15) is 6.04 Å². The minimum atomic E-state index is -0.607. The molecule has 2 atom stereocenters. The van der Waals surface area contributed by atoms with E-state index in [-0.39, 0.29) is 35.4 Å². The van der Waals surface area contributed by atoms with Gasteiger partial charge in [0.2, 0.25) is 11.8 Å². The van der Waals surface area contributed by atoms with Crippen molar-refractivity contribution in [2.75, 3.05) is 7.11 Å². The predicted molar refractivity (Wildman–Crippen MR) is 103 cm³/mol. The Morgan fingerprint density at radius 1 is 1.11 bits per heavy atom. The summed E-state index contributed by atoms with van der Waals surface area (Å²) in [6.45, 7) is 5.60. The van der Waals surface area contributed by atoms with Crippen LogP contribution in [0.1, 0.15) is 64.5 Å². The first-order valence-electron chi connectivity index (χ1n) is 9.77. The summed E-state index contributed by atoms with van der Waals surface area (Å²) in [4.78, 5) is 25.3. The van der Waals surface area contributed by atoms with Crippen molar-refractivity contribution in [3.05, 3.63) is 29.6 Å². The molecule has 2 N–H and O–H groups in total. The Bertz CT molecular complexity index is 657. The van der Waals surface area contributed by atoms with Crippen molar-refractivity contribution in [1.29, 1.82) is 0 Å². The summed E-state index contributed by atoms with van der Waals surface area (Å²) in [7, 11) is 1.41. The van der Waals surface area contributed by atoms with Crippen LogP contribution in [0, 0.1) is 17.7 Å². The molecule has 1 aromatic rings. The van der Waals surface area contributed by atoms with E-state index in [1.807, 2.05) is 13.8 Å². The summed E-state index contributed by atoms with van der Waals surface area (Å²) in [6, 6.07) is 3.63. The standard InChI is InChI=1S/C21H31FN2O3/c1-13(2)19(24-20(25)15-8-6-5-7-9-15)21(26)23-14(3)16-10-11-18(27-4)17(22)12-16/h10-15,19H,5-9H2,1-4H3,(H,23,26)(H,24,25). The zero-order valence-corrected chi connectivity index (χ0v) is 16.7. The van der Waals surface area contributed by atoms with Gasteiger partial charge in [-0.1, -0.05) is 39.2 Å². The highest BCUT2D eigenvalue weighted by atomic mass is 19.1. The molecule has 5 nitrogen and oxygen atoms in total. The first kappa shape index (κ1) is 21.2. The molecule has 0 radical (unpaired) electrons. The lowest BCUT2D eigenvalue weighted by Gasteiger charge is -2.27. The molecule has 1 aliphatic carbocycles. The van der Waals surface area contributed by atoms with Gasteiger partial charge in [-0.2, -0.15) is 0 Å². The van der Waals surface area contributed by atoms with Crippen LogP contribution in [0.25, 0.3) is 0 Å². The fourth-order valence-electron chi connectivity index (χ4n) is 3.51. The molecule has 2 unspecified atom stereocenters. The van der Waals surface area contributed by atoms with Crippen molar-refractivity contribution in [3.8, 4) is 5.75 Å². The van der Waals surface area contributed by atoms with Gasteiger partial charge in [0.05, 0.1) is 13.2 Å². The highest BCUT2D eigenvalue weighted by Gasteiger charge is 2.29. The number of hydrogen-bond donors (Lipinski definition) is 2. The summed E-state index contributed by atoms with van der Waals surface area (Å²) in [6.07, 6.45) is 5.08. The molecule has 2 amide bonds. The smallest absolute Gasteiger partial charge is 0.243 e. The molecule has 0 heterocycles. The van der Waals surface area contributed by atoms with Gasteiger partial charge in [-0.05, 0) is 43.4 Å². The Morgan fingerprint density at radius 2 is 1.78 bits per heavy atom. The lowest BCUT2D eigenvalue weighted by atomic mass is 9.88. The third kappa shape index (κ3) is 5.68. The highest BCUT2D eigenvalue weighted by Crippen LogP contribution is 2.24. The number of nitrogens with one attached hydrogen (secondary N) is 2. The number of rotatable bonds is 7. The Labute approximate surface area is 161 Å². The van der Waals surface area contributed by atoms with Crippen molar-refractivity contribution in [2.24, 2.45) is 11.8 Å². The lowest BCUT2D eigenvalue weighted by molar-refractivity contribution is -0.133. The number of benzene rings is 1. The van der Waals surface area contributed by atoms with Gasteiger partial charge in [-0.3, -0.25) is 9.59 Å². The SMILES string of the molecule is COc1ccc(C(C)NC(=O)C(NC(=O)C2CCCCC2)C(C)C)cc1F. The van der Waals surface area contributed by atoms with Gasteiger partial charge in [0, 0.05) is 5.92 Å². The number of carbonyl (C=O) groups excluding carboxylic acids is 2. The number of ether oxygens (including phenoxy) is 1. The van der Waals surface area contributed by atoms with Gasteiger partial charge in [-0.15, -0.1) is 0 Å². The van der Waals surface area contributed by atoms with E-state index >= 15 is 0 Å². The number of amides is 2. The average Bonchev–Trinajstić information content (AvgIpc) is 2.66. The van der Waals surface area contributed by atoms with E-state index in [0.29, 0.717) is 5.56 Å². The van der Waals surface area contributed by atoms with Crippen LogP contribution < -0.4 is 15.4 Å². The molecule has 150 valence electrons. The minimum absolute atomic E-state index is 0.000840. The van der Waals surface area contributed by atoms with Crippen molar-refractivity contribution in [3.63, 3.8) is 0 Å². The van der Waals surface area contributed by atoms with Crippen molar-refractivity contribution in [2.45, 2.75) is 65.0 Å². The second-order valence-electron chi connectivity index (χ2n) is 7.69. The van der Waals surface area contributed by atoms with Gasteiger partial charge in [-0.25, -0.2) is 4.39 Å². The predicted octanol–water partition coefficient (Wildman–Crippen LogP) is 3.73. The first-order chi connectivity index (χ1) is 12.8. The molecule has 1 aromatic carbocycles. The van der Waals surface area contributed by atoms with Crippen LogP contribution in [0.4, 0.5) is 4.39 Å². The third-order valence-corrected chi connectivity index (χ3v) is 5.26. The number of hydrogen-bond acceptors (Lipinski definition) is 3. The van der Waals surface area contributed by atoms with Gasteiger partial charge in [0.25, 0.3) is 0 Å². The summed E-state index contributed by atoms with van der Waals surface area (Å²) >= 11 is 0. The van der Waals surface area contributed by atoms with Crippen LogP contribution >= 0.6 is 0 Å². The van der Waals surface area contributed by atoms with Crippen molar-refractivity contribution >= 4 is 11.8 Å². The Balaban J connectivity index is 2.01. The first-order valence-corrected chi connectivity index (χ1v) is 9.77. The average molecular weight is 378 g/mol. The van der Waals surface area contributed by atoms with Crippen molar-refractivity contribution in [1.82, 2.24) is 10.6 Å². The monoisotopic (exact) mass is 378 g/mol. The molecule has 1 aliphatic rings. The second-order valence-corrected chi connectivity index (χ2v) is 7.69. The zero-order valence-electron chi connectivity index (χ0n) is 16.7. The molecule has 0 spiro atoms. The molecule has 27 heavy (non-hydrogen) atoms. The Kier molecular flexibility index (Phi) is 7.63. The second kappa shape index (κ2) is 9.72. The number of methoxy groups -OCH3 is 1. The van der Waals surface area contributed by atoms with Crippen LogP contribution in [0.3, 0.4) is 0 Å². The van der Waals surface area contributed by atoms with Crippen LogP contribution in [0.2, 0.25) is 0 Å². The van der Waals surface area contributed by atoms with Gasteiger partial charge in [0.15, 0.2) is 11.6 Å². The molecule has 2 rings (SSSR count). The summed E-state index contributed by atoms with van der Waals surface area (Å²) in [5.41, 5.74) is 0.641. The lowest BCUT2D eigenvalue weighted by Crippen LogP contribution is -2.51. The molecule has 0 aliphatic heterocycles. The van der Waals surface area contributed by atoms with E-state index in [1.54, 1.807) is 13.0 Å². The summed E-state index contributed by atoms with van der Waals surface area (Å²) in [5, 5.41) is 5.82. The van der Waals surface area contributed by atoms with E-state index in [2.05, 4.69) is 10.6 Å². The fourth-order valence-corrected chi connectivity index (χ4v) is 3.51. The minimum Gasteiger partial charge on any atom is -0.494 e. The van der Waals surface area contributed by atoms with Crippen LogP contribution in [0.5, 0.6) is 5.75 Å². The maximum atomic E-state index is 13.9. The maximum Gasteiger partial charge on any atom is 0.243 e. The molecule has 0 bridgehead atoms. The van der Waals surface area contributed by atoms with E-state index in [0.717, 1.165) is 25.7 Å².